The van der Waals surface area contributed by atoms with Gasteiger partial charge in [-0.05, 0) is 63.4 Å². The minimum absolute atomic E-state index is 0.0869. The molecule has 1 heterocycles. The first kappa shape index (κ1) is 23.5. The summed E-state index contributed by atoms with van der Waals surface area (Å²) in [7, 11) is 1.56. The predicted octanol–water partition coefficient (Wildman–Crippen LogP) is 4.55. The van der Waals surface area contributed by atoms with Crippen molar-refractivity contribution in [2.75, 3.05) is 20.3 Å². The van der Waals surface area contributed by atoms with Crippen molar-refractivity contribution in [2.24, 2.45) is 0 Å². The van der Waals surface area contributed by atoms with E-state index in [0.29, 0.717) is 36.4 Å². The Labute approximate surface area is 189 Å². The number of aryl methyl sites for hydroxylation is 2. The predicted molar refractivity (Wildman–Crippen MR) is 124 cm³/mol. The molecule has 1 amide bonds. The first-order chi connectivity index (χ1) is 15.2. The minimum atomic E-state index is -0.705. The van der Waals surface area contributed by atoms with E-state index in [0.717, 1.165) is 11.1 Å². The van der Waals surface area contributed by atoms with Crippen molar-refractivity contribution in [3.63, 3.8) is 0 Å². The highest BCUT2D eigenvalue weighted by atomic mass is 16.5. The zero-order chi connectivity index (χ0) is 23.4. The highest BCUT2D eigenvalue weighted by molar-refractivity contribution is 6.46. The summed E-state index contributed by atoms with van der Waals surface area (Å²) in [4.78, 5) is 27.7. The van der Waals surface area contributed by atoms with Gasteiger partial charge in [0.1, 0.15) is 11.5 Å². The Morgan fingerprint density at radius 2 is 1.88 bits per heavy atom. The third-order valence-corrected chi connectivity index (χ3v) is 5.59. The van der Waals surface area contributed by atoms with Crippen LogP contribution in [0.15, 0.2) is 48.0 Å². The average molecular weight is 438 g/mol. The Bertz CT molecular complexity index is 1040. The topological polar surface area (TPSA) is 76.1 Å². The van der Waals surface area contributed by atoms with Crippen molar-refractivity contribution in [3.05, 3.63) is 70.3 Å². The normalized spacial score (nSPS) is 17.9. The van der Waals surface area contributed by atoms with Gasteiger partial charge in [0.2, 0.25) is 0 Å². The smallest absolute Gasteiger partial charge is 0.295 e. The van der Waals surface area contributed by atoms with Crippen molar-refractivity contribution < 1.29 is 24.2 Å². The maximum absolute atomic E-state index is 13.1. The highest BCUT2D eigenvalue weighted by Crippen LogP contribution is 2.40. The molecule has 32 heavy (non-hydrogen) atoms. The maximum Gasteiger partial charge on any atom is 0.295 e. The molecule has 3 rings (SSSR count). The summed E-state index contributed by atoms with van der Waals surface area (Å²) >= 11 is 0. The average Bonchev–Trinajstić information content (AvgIpc) is 3.02. The Morgan fingerprint density at radius 1 is 1.12 bits per heavy atom. The molecule has 1 N–H and O–H groups in total. The zero-order valence-corrected chi connectivity index (χ0v) is 19.3. The van der Waals surface area contributed by atoms with Crippen molar-refractivity contribution in [3.8, 4) is 5.75 Å². The molecule has 2 aromatic rings. The van der Waals surface area contributed by atoms with Crippen LogP contribution in [-0.2, 0) is 14.3 Å². The van der Waals surface area contributed by atoms with E-state index in [1.54, 1.807) is 19.2 Å². The summed E-state index contributed by atoms with van der Waals surface area (Å²) in [5.41, 5.74) is 3.14. The van der Waals surface area contributed by atoms with Gasteiger partial charge in [-0.3, -0.25) is 9.59 Å². The Morgan fingerprint density at radius 3 is 2.56 bits per heavy atom. The molecule has 170 valence electrons. The third-order valence-electron chi connectivity index (χ3n) is 5.59. The fraction of sp³-hybridized carbons (Fsp3) is 0.385. The van der Waals surface area contributed by atoms with E-state index in [2.05, 4.69) is 0 Å². The number of hydrogen-bond donors (Lipinski definition) is 1. The number of hydrogen-bond acceptors (Lipinski definition) is 5. The molecule has 1 unspecified atom stereocenters. The van der Waals surface area contributed by atoms with Gasteiger partial charge in [-0.25, -0.2) is 0 Å². The van der Waals surface area contributed by atoms with Crippen molar-refractivity contribution in [1.82, 2.24) is 4.90 Å². The van der Waals surface area contributed by atoms with E-state index in [-0.39, 0.29) is 17.4 Å². The second-order valence-electron chi connectivity index (χ2n) is 8.36. The monoisotopic (exact) mass is 437 g/mol. The number of amides is 1. The number of aliphatic hydroxyl groups excluding tert-OH is 1. The van der Waals surface area contributed by atoms with Gasteiger partial charge in [0.25, 0.3) is 11.7 Å². The number of carbonyl (C=O) groups excluding carboxylic acids is 2. The Kier molecular flexibility index (Phi) is 7.36. The van der Waals surface area contributed by atoms with E-state index < -0.39 is 17.7 Å². The first-order valence-corrected chi connectivity index (χ1v) is 10.9. The molecular formula is C26H31NO5. The largest absolute Gasteiger partial charge is 0.507 e. The number of likely N-dealkylation sites (tertiary alicyclic amines) is 1. The lowest BCUT2D eigenvalue weighted by Crippen LogP contribution is -2.31. The van der Waals surface area contributed by atoms with Crippen LogP contribution in [0.3, 0.4) is 0 Å². The molecule has 1 saturated heterocycles. The summed E-state index contributed by atoms with van der Waals surface area (Å²) in [5, 5.41) is 11.3. The summed E-state index contributed by atoms with van der Waals surface area (Å²) < 4.78 is 11.0. The molecule has 1 fully saturated rings. The fourth-order valence-electron chi connectivity index (χ4n) is 3.96. The van der Waals surface area contributed by atoms with Gasteiger partial charge in [0, 0.05) is 18.7 Å². The van der Waals surface area contributed by atoms with Gasteiger partial charge < -0.3 is 19.5 Å². The summed E-state index contributed by atoms with van der Waals surface area (Å²) in [5.74, 6) is -0.837. The van der Waals surface area contributed by atoms with E-state index >= 15 is 0 Å². The fourth-order valence-corrected chi connectivity index (χ4v) is 3.96. The number of Topliss-reactive ketones (excluding diaryl/α,β-unsaturated/α-hetero) is 1. The van der Waals surface area contributed by atoms with Gasteiger partial charge in [-0.15, -0.1) is 0 Å². The number of aliphatic hydroxyl groups is 1. The van der Waals surface area contributed by atoms with Crippen LogP contribution in [-0.4, -0.2) is 48.1 Å². The SMILES string of the molecule is COc1cccc(C2/C(=C(\O)c3cc(C)ccc3C)C(=O)C(=O)N2CCCOC(C)C)c1. The molecule has 0 aliphatic carbocycles. The summed E-state index contributed by atoms with van der Waals surface area (Å²) in [6.45, 7) is 8.50. The molecule has 6 heteroatoms. The number of benzene rings is 2. The maximum atomic E-state index is 13.1. The number of carbonyl (C=O) groups is 2. The van der Waals surface area contributed by atoms with E-state index in [9.17, 15) is 14.7 Å². The van der Waals surface area contributed by atoms with Crippen molar-refractivity contribution in [1.29, 1.82) is 0 Å². The third kappa shape index (κ3) is 4.86. The van der Waals surface area contributed by atoms with Crippen LogP contribution >= 0.6 is 0 Å². The van der Waals surface area contributed by atoms with Crippen LogP contribution in [0.1, 0.15) is 48.6 Å². The second-order valence-corrected chi connectivity index (χ2v) is 8.36. The zero-order valence-electron chi connectivity index (χ0n) is 19.3. The van der Waals surface area contributed by atoms with E-state index in [1.165, 1.54) is 4.90 Å². The minimum Gasteiger partial charge on any atom is -0.507 e. The van der Waals surface area contributed by atoms with Gasteiger partial charge in [0.15, 0.2) is 0 Å². The van der Waals surface area contributed by atoms with Gasteiger partial charge >= 0.3 is 0 Å². The lowest BCUT2D eigenvalue weighted by Gasteiger charge is -2.26. The standard InChI is InChI=1S/C26H31NO5/c1-16(2)32-13-7-12-27-23(19-8-6-9-20(15-19)31-5)22(25(29)26(27)30)24(28)21-14-17(3)10-11-18(21)4/h6,8-11,14-16,23,28H,7,12-13H2,1-5H3/b24-22+. The molecule has 1 aliphatic rings. The van der Waals surface area contributed by atoms with Crippen LogP contribution in [0.25, 0.3) is 5.76 Å². The van der Waals surface area contributed by atoms with E-state index in [4.69, 9.17) is 9.47 Å². The van der Waals surface area contributed by atoms with Crippen molar-refractivity contribution >= 4 is 17.4 Å². The number of nitrogens with zero attached hydrogens (tertiary/aromatic N) is 1. The highest BCUT2D eigenvalue weighted by Gasteiger charge is 2.46. The Hall–Kier alpha value is -3.12. The number of ketones is 1. The van der Waals surface area contributed by atoms with Gasteiger partial charge in [-0.2, -0.15) is 0 Å². The summed E-state index contributed by atoms with van der Waals surface area (Å²) in [6, 6.07) is 12.2. The number of methoxy groups -OCH3 is 1. The molecule has 1 aliphatic heterocycles. The first-order valence-electron chi connectivity index (χ1n) is 10.9. The molecule has 0 saturated carbocycles. The molecule has 0 bridgehead atoms. The number of rotatable bonds is 8. The molecule has 0 radical (unpaired) electrons. The van der Waals surface area contributed by atoms with Gasteiger partial charge in [-0.1, -0.05) is 29.8 Å². The van der Waals surface area contributed by atoms with Crippen molar-refractivity contribution in [2.45, 2.75) is 46.3 Å². The molecule has 6 nitrogen and oxygen atoms in total. The Balaban J connectivity index is 2.10. The van der Waals surface area contributed by atoms with Gasteiger partial charge in [0.05, 0.1) is 24.8 Å². The van der Waals surface area contributed by atoms with Crippen LogP contribution in [0.4, 0.5) is 0 Å². The van der Waals surface area contributed by atoms with Crippen LogP contribution in [0.5, 0.6) is 5.75 Å². The molecule has 2 aromatic carbocycles. The molecule has 0 aromatic heterocycles. The van der Waals surface area contributed by atoms with Crippen LogP contribution in [0.2, 0.25) is 0 Å². The molecule has 1 atom stereocenters. The molecule has 0 spiro atoms. The second kappa shape index (κ2) is 10.0. The van der Waals surface area contributed by atoms with E-state index in [1.807, 2.05) is 58.0 Å². The molecular weight excluding hydrogens is 406 g/mol. The van der Waals surface area contributed by atoms with Crippen LogP contribution < -0.4 is 4.74 Å². The van der Waals surface area contributed by atoms with Crippen LogP contribution in [0, 0.1) is 13.8 Å². The lowest BCUT2D eigenvalue weighted by molar-refractivity contribution is -0.140. The quantitative estimate of drug-likeness (QED) is 0.284. The lowest BCUT2D eigenvalue weighted by atomic mass is 9.93. The summed E-state index contributed by atoms with van der Waals surface area (Å²) in [6.07, 6.45) is 0.665. The number of ether oxygens (including phenoxy) is 2.